The van der Waals surface area contributed by atoms with Crippen molar-refractivity contribution in [1.29, 1.82) is 0 Å². The molecule has 0 fully saturated rings. The molecule has 1 N–H and O–H groups in total. The van der Waals surface area contributed by atoms with E-state index in [1.54, 1.807) is 0 Å². The smallest absolute Gasteiger partial charge is 0.318 e. The summed E-state index contributed by atoms with van der Waals surface area (Å²) in [5, 5.41) is 9.44. The summed E-state index contributed by atoms with van der Waals surface area (Å²) >= 11 is 5.70. The van der Waals surface area contributed by atoms with Gasteiger partial charge >= 0.3 is 5.97 Å². The second kappa shape index (κ2) is 3.43. The molecule has 1 atom stereocenters. The van der Waals surface area contributed by atoms with E-state index >= 15 is 0 Å². The van der Waals surface area contributed by atoms with Crippen LogP contribution in [-0.4, -0.2) is 15.9 Å². The minimum atomic E-state index is -0.892. The molecule has 0 rings (SSSR count). The fourth-order valence-electron chi connectivity index (χ4n) is 0.0539. The van der Waals surface area contributed by atoms with Gasteiger partial charge in [-0.05, 0) is 0 Å². The van der Waals surface area contributed by atoms with Crippen LogP contribution in [0.25, 0.3) is 0 Å². The van der Waals surface area contributed by atoms with Gasteiger partial charge in [-0.25, -0.2) is 0 Å². The summed E-state index contributed by atoms with van der Waals surface area (Å²) in [5.41, 5.74) is 0. The zero-order chi connectivity index (χ0) is 5.86. The highest BCUT2D eigenvalue weighted by Gasteiger charge is 2.09. The first-order valence-corrected chi connectivity index (χ1v) is 3.32. The quantitative estimate of drug-likeness (QED) is 0.729. The van der Waals surface area contributed by atoms with Crippen molar-refractivity contribution in [1.82, 2.24) is 0 Å². The number of halogens is 2. The van der Waals surface area contributed by atoms with Gasteiger partial charge in [0.1, 0.15) is 4.83 Å². The zero-order valence-corrected chi connectivity index (χ0v) is 6.44. The largest absolute Gasteiger partial charge is 0.480 e. The molecule has 0 aliphatic heterocycles. The van der Waals surface area contributed by atoms with Gasteiger partial charge in [0.2, 0.25) is 0 Å². The molecule has 1 unspecified atom stereocenters. The third-order valence-electron chi connectivity index (χ3n) is 0.347. The van der Waals surface area contributed by atoms with E-state index < -0.39 is 10.8 Å². The number of carboxylic acid groups (broad SMARTS) is 1. The Balaban J connectivity index is 3.34. The van der Waals surface area contributed by atoms with Crippen molar-refractivity contribution in [3.63, 3.8) is 0 Å². The number of rotatable bonds is 2. The van der Waals surface area contributed by atoms with E-state index in [-0.39, 0.29) is 0 Å². The molecule has 0 bridgehead atoms. The van der Waals surface area contributed by atoms with Crippen LogP contribution in [0.5, 0.6) is 0 Å². The summed E-state index contributed by atoms with van der Waals surface area (Å²) in [7, 11) is 0. The summed E-state index contributed by atoms with van der Waals surface area (Å²) < 4.78 is 0. The van der Waals surface area contributed by atoms with Crippen LogP contribution in [0.3, 0.4) is 0 Å². The number of aliphatic carboxylic acids is 1. The van der Waals surface area contributed by atoms with E-state index in [1.165, 1.54) is 5.33 Å². The van der Waals surface area contributed by atoms with Crippen LogP contribution in [0.1, 0.15) is 0 Å². The van der Waals surface area contributed by atoms with Crippen LogP contribution in [-0.2, 0) is 4.79 Å². The standard InChI is InChI=1S/C3H3Br2O2/c4-1-2(5)3(6)7/h1-2H,(H,6,7). The molecule has 7 heavy (non-hydrogen) atoms. The number of hydrogen-bond acceptors (Lipinski definition) is 1. The molecule has 0 saturated carbocycles. The predicted molar refractivity (Wildman–Crippen MR) is 33.6 cm³/mol. The Morgan fingerprint density at radius 3 is 2.29 bits per heavy atom. The van der Waals surface area contributed by atoms with Crippen LogP contribution in [0.2, 0.25) is 0 Å². The number of hydrogen-bond donors (Lipinski definition) is 1. The summed E-state index contributed by atoms with van der Waals surface area (Å²) in [6, 6.07) is 0. The van der Waals surface area contributed by atoms with Crippen LogP contribution >= 0.6 is 31.9 Å². The molecule has 0 aliphatic rings. The molecule has 0 aromatic heterocycles. The number of alkyl halides is 1. The molecule has 0 spiro atoms. The van der Waals surface area contributed by atoms with Crippen molar-refractivity contribution in [2.45, 2.75) is 4.83 Å². The lowest BCUT2D eigenvalue weighted by Gasteiger charge is -1.92. The van der Waals surface area contributed by atoms with E-state index in [2.05, 4.69) is 31.9 Å². The third kappa shape index (κ3) is 3.05. The lowest BCUT2D eigenvalue weighted by atomic mass is 10.5. The molecule has 2 nitrogen and oxygen atoms in total. The third-order valence-corrected chi connectivity index (χ3v) is 2.24. The van der Waals surface area contributed by atoms with Gasteiger partial charge < -0.3 is 5.11 Å². The Bertz CT molecular complexity index is 73.3. The Labute approximate surface area is 58.2 Å². The van der Waals surface area contributed by atoms with Crippen molar-refractivity contribution in [2.24, 2.45) is 0 Å². The van der Waals surface area contributed by atoms with E-state index in [4.69, 9.17) is 5.11 Å². The molecule has 0 amide bonds. The highest BCUT2D eigenvalue weighted by atomic mass is 79.9. The van der Waals surface area contributed by atoms with Gasteiger partial charge in [-0.1, -0.05) is 31.9 Å². The van der Waals surface area contributed by atoms with Gasteiger partial charge in [0.05, 0.1) is 5.33 Å². The number of carbonyl (C=O) groups is 1. The normalized spacial score (nSPS) is 13.4. The Morgan fingerprint density at radius 2 is 2.29 bits per heavy atom. The molecular weight excluding hydrogens is 228 g/mol. The van der Waals surface area contributed by atoms with Gasteiger partial charge in [0.25, 0.3) is 0 Å². The van der Waals surface area contributed by atoms with E-state index in [1.807, 2.05) is 0 Å². The van der Waals surface area contributed by atoms with E-state index in [0.29, 0.717) is 0 Å². The topological polar surface area (TPSA) is 37.3 Å². The van der Waals surface area contributed by atoms with Gasteiger partial charge in [-0.3, -0.25) is 4.79 Å². The van der Waals surface area contributed by atoms with Crippen molar-refractivity contribution >= 4 is 37.8 Å². The molecule has 4 heteroatoms. The molecular formula is C3H3Br2O2. The SMILES string of the molecule is O=C(O)C(Br)[CH]Br. The van der Waals surface area contributed by atoms with Gasteiger partial charge in [0.15, 0.2) is 0 Å². The summed E-state index contributed by atoms with van der Waals surface area (Å²) in [4.78, 5) is 9.25. The highest BCUT2D eigenvalue weighted by molar-refractivity contribution is 9.13. The lowest BCUT2D eigenvalue weighted by Crippen LogP contribution is -2.09. The first-order valence-electron chi connectivity index (χ1n) is 1.49. The fourth-order valence-corrected chi connectivity index (χ4v) is 0.280. The van der Waals surface area contributed by atoms with Crippen molar-refractivity contribution in [3.05, 3.63) is 5.33 Å². The maximum atomic E-state index is 9.82. The maximum Gasteiger partial charge on any atom is 0.318 e. The second-order valence-electron chi connectivity index (χ2n) is 0.866. The minimum absolute atomic E-state index is 0.576. The van der Waals surface area contributed by atoms with Crippen LogP contribution in [0.15, 0.2) is 0 Å². The lowest BCUT2D eigenvalue weighted by molar-refractivity contribution is -0.135. The molecule has 0 heterocycles. The Hall–Kier alpha value is 0.430. The van der Waals surface area contributed by atoms with Gasteiger partial charge in [-0.15, -0.1) is 0 Å². The van der Waals surface area contributed by atoms with Crippen LogP contribution < -0.4 is 0 Å². The first kappa shape index (κ1) is 7.43. The van der Waals surface area contributed by atoms with Crippen molar-refractivity contribution in [2.75, 3.05) is 0 Å². The second-order valence-corrected chi connectivity index (χ2v) is 2.38. The molecule has 0 aliphatic carbocycles. The Morgan fingerprint density at radius 1 is 1.86 bits per heavy atom. The van der Waals surface area contributed by atoms with Crippen LogP contribution in [0.4, 0.5) is 0 Å². The van der Waals surface area contributed by atoms with Crippen molar-refractivity contribution in [3.8, 4) is 0 Å². The van der Waals surface area contributed by atoms with Crippen LogP contribution in [0, 0.1) is 5.33 Å². The first-order chi connectivity index (χ1) is 3.18. The molecule has 0 aromatic carbocycles. The molecule has 1 radical (unpaired) electrons. The number of carboxylic acids is 1. The average Bonchev–Trinajstić information content (AvgIpc) is 1.65. The van der Waals surface area contributed by atoms with E-state index in [0.717, 1.165) is 0 Å². The van der Waals surface area contributed by atoms with E-state index in [9.17, 15) is 4.79 Å². The van der Waals surface area contributed by atoms with Gasteiger partial charge in [-0.2, -0.15) is 0 Å². The van der Waals surface area contributed by atoms with Gasteiger partial charge in [0, 0.05) is 0 Å². The summed E-state index contributed by atoms with van der Waals surface area (Å²) in [6.45, 7) is 0. The Kier molecular flexibility index (Phi) is 3.65. The monoisotopic (exact) mass is 229 g/mol. The van der Waals surface area contributed by atoms with Crippen molar-refractivity contribution < 1.29 is 9.90 Å². The molecule has 41 valence electrons. The molecule has 0 aromatic rings. The maximum absolute atomic E-state index is 9.82. The summed E-state index contributed by atoms with van der Waals surface area (Å²) in [6.07, 6.45) is 0. The minimum Gasteiger partial charge on any atom is -0.480 e. The highest BCUT2D eigenvalue weighted by Crippen LogP contribution is 2.07. The zero-order valence-electron chi connectivity index (χ0n) is 3.27. The average molecular weight is 231 g/mol. The predicted octanol–water partition coefficient (Wildman–Crippen LogP) is 1.39. The summed E-state index contributed by atoms with van der Waals surface area (Å²) in [5.74, 6) is -0.892. The fraction of sp³-hybridized carbons (Fsp3) is 0.333. The molecule has 0 saturated heterocycles.